The van der Waals surface area contributed by atoms with Crippen LogP contribution in [0.25, 0.3) is 11.1 Å². The molecule has 0 unspecified atom stereocenters. The van der Waals surface area contributed by atoms with E-state index in [4.69, 9.17) is 20.3 Å². The Morgan fingerprint density at radius 1 is 1.18 bits per heavy atom. The molecule has 0 bridgehead atoms. The number of hydrogen-bond acceptors (Lipinski definition) is 6. The Labute approximate surface area is 224 Å². The van der Waals surface area contributed by atoms with Gasteiger partial charge < -0.3 is 25.4 Å². The number of pyridine rings is 1. The largest absolute Gasteiger partial charge is 0.493 e. The Bertz CT molecular complexity index is 1290. The van der Waals surface area contributed by atoms with E-state index in [1.807, 2.05) is 13.8 Å². The molecule has 1 aliphatic carbocycles. The number of aryl methyl sites for hydroxylation is 3. The summed E-state index contributed by atoms with van der Waals surface area (Å²) in [7, 11) is 0. The van der Waals surface area contributed by atoms with Gasteiger partial charge >= 0.3 is 5.97 Å². The Kier molecular flexibility index (Phi) is 8.26. The van der Waals surface area contributed by atoms with Gasteiger partial charge in [-0.15, -0.1) is 0 Å². The van der Waals surface area contributed by atoms with Crippen LogP contribution in [-0.4, -0.2) is 40.0 Å². The number of aliphatic carboxylic acids is 1. The first-order valence-electron chi connectivity index (χ1n) is 13.2. The van der Waals surface area contributed by atoms with E-state index in [-0.39, 0.29) is 12.3 Å². The average Bonchev–Trinajstić information content (AvgIpc) is 3.45. The minimum absolute atomic E-state index is 0.0681. The highest BCUT2D eigenvalue weighted by atomic mass is 16.5. The van der Waals surface area contributed by atoms with Crippen LogP contribution in [0, 0.1) is 13.8 Å². The molecule has 2 heterocycles. The second-order valence-corrected chi connectivity index (χ2v) is 10.9. The first-order valence-corrected chi connectivity index (χ1v) is 13.2. The third kappa shape index (κ3) is 6.64. The molecule has 0 fully saturated rings. The lowest BCUT2D eigenvalue weighted by atomic mass is 9.90. The lowest BCUT2D eigenvalue weighted by Gasteiger charge is -2.19. The van der Waals surface area contributed by atoms with E-state index in [1.54, 1.807) is 12.3 Å². The fourth-order valence-corrected chi connectivity index (χ4v) is 5.26. The number of aliphatic hydroxyl groups is 1. The SMILES string of the molecule is Cc1cc(OCCC(C)(C)O)cc(C)c1-c1cccc2c1CCC2.Nc1cc2c(cn1)[C@@H](CC(=O)O)CO2. The summed E-state index contributed by atoms with van der Waals surface area (Å²) in [4.78, 5) is 14.4. The molecular formula is C31H38N2O5. The van der Waals surface area contributed by atoms with E-state index in [1.165, 1.54) is 52.6 Å². The van der Waals surface area contributed by atoms with Crippen molar-refractivity contribution in [1.82, 2.24) is 4.98 Å². The molecule has 2 aromatic carbocycles. The van der Waals surface area contributed by atoms with E-state index >= 15 is 0 Å². The highest BCUT2D eigenvalue weighted by Gasteiger charge is 2.26. The van der Waals surface area contributed by atoms with Crippen LogP contribution in [0.15, 0.2) is 42.6 Å². The lowest BCUT2D eigenvalue weighted by Crippen LogP contribution is -2.21. The number of fused-ring (bicyclic) bond motifs is 2. The van der Waals surface area contributed by atoms with E-state index in [2.05, 4.69) is 49.2 Å². The van der Waals surface area contributed by atoms with Gasteiger partial charge in [-0.3, -0.25) is 4.79 Å². The van der Waals surface area contributed by atoms with Crippen LogP contribution in [0.3, 0.4) is 0 Å². The van der Waals surface area contributed by atoms with Crippen LogP contribution in [0.1, 0.15) is 66.8 Å². The van der Waals surface area contributed by atoms with Crippen molar-refractivity contribution < 1.29 is 24.5 Å². The molecule has 0 amide bonds. The predicted molar refractivity (Wildman–Crippen MR) is 149 cm³/mol. The Balaban J connectivity index is 0.000000204. The Hall–Kier alpha value is -3.58. The molecule has 4 N–H and O–H groups in total. The molecule has 1 aliphatic heterocycles. The van der Waals surface area contributed by atoms with Crippen molar-refractivity contribution in [3.05, 3.63) is 70.4 Å². The van der Waals surface area contributed by atoms with Crippen LogP contribution >= 0.6 is 0 Å². The second-order valence-electron chi connectivity index (χ2n) is 10.9. The van der Waals surface area contributed by atoms with Crippen molar-refractivity contribution in [3.63, 3.8) is 0 Å². The molecule has 2 aliphatic rings. The number of nitrogens with zero attached hydrogens (tertiary/aromatic N) is 1. The van der Waals surface area contributed by atoms with Gasteiger partial charge in [0.2, 0.25) is 0 Å². The molecule has 0 spiro atoms. The van der Waals surface area contributed by atoms with E-state index < -0.39 is 11.6 Å². The van der Waals surface area contributed by atoms with Gasteiger partial charge in [0.15, 0.2) is 0 Å². The summed E-state index contributed by atoms with van der Waals surface area (Å²) in [5.41, 5.74) is 13.9. The summed E-state index contributed by atoms with van der Waals surface area (Å²) < 4.78 is 11.2. The van der Waals surface area contributed by atoms with E-state index in [0.717, 1.165) is 11.3 Å². The third-order valence-electron chi connectivity index (χ3n) is 7.12. The fraction of sp³-hybridized carbons (Fsp3) is 0.419. The number of aromatic nitrogens is 1. The summed E-state index contributed by atoms with van der Waals surface area (Å²) in [6.45, 7) is 8.88. The number of benzene rings is 2. The number of nitrogens with two attached hydrogens (primary N) is 1. The molecule has 0 saturated carbocycles. The average molecular weight is 519 g/mol. The molecular weight excluding hydrogens is 480 g/mol. The van der Waals surface area contributed by atoms with E-state index in [9.17, 15) is 9.90 Å². The topological polar surface area (TPSA) is 115 Å². The zero-order valence-electron chi connectivity index (χ0n) is 22.7. The lowest BCUT2D eigenvalue weighted by molar-refractivity contribution is -0.137. The standard InChI is InChI=1S/C22H28O2.C9H10N2O3/c1-15-13-18(24-12-11-22(3,4)23)14-16(2)21(15)20-10-6-8-17-7-5-9-19(17)20;10-8-2-7-6(3-11-8)5(4-14-7)1-9(12)13/h6,8,10,13-14,23H,5,7,9,11-12H2,1-4H3;2-3,5H,1,4H2,(H2,10,11)(H,12,13)/t;5-/m.0/s1. The fourth-order valence-electron chi connectivity index (χ4n) is 5.26. The third-order valence-corrected chi connectivity index (χ3v) is 7.12. The normalized spacial score (nSPS) is 15.7. The number of rotatable bonds is 7. The Morgan fingerprint density at radius 2 is 1.92 bits per heavy atom. The van der Waals surface area contributed by atoms with Crippen molar-refractivity contribution in [2.45, 2.75) is 71.3 Å². The number of carboxylic acid groups (broad SMARTS) is 1. The van der Waals surface area contributed by atoms with Crippen LogP contribution in [-0.2, 0) is 17.6 Å². The van der Waals surface area contributed by atoms with Crippen LogP contribution in [0.2, 0.25) is 0 Å². The molecule has 3 aromatic rings. The molecule has 0 radical (unpaired) electrons. The van der Waals surface area contributed by atoms with Crippen molar-refractivity contribution >= 4 is 11.8 Å². The highest BCUT2D eigenvalue weighted by Crippen LogP contribution is 2.38. The van der Waals surface area contributed by atoms with Gasteiger partial charge in [0.25, 0.3) is 0 Å². The minimum atomic E-state index is -0.830. The molecule has 202 valence electrons. The van der Waals surface area contributed by atoms with Gasteiger partial charge in [-0.1, -0.05) is 18.2 Å². The molecule has 0 saturated heterocycles. The maximum atomic E-state index is 10.5. The summed E-state index contributed by atoms with van der Waals surface area (Å²) in [6.07, 6.45) is 5.94. The predicted octanol–water partition coefficient (Wildman–Crippen LogP) is 5.61. The molecule has 38 heavy (non-hydrogen) atoms. The summed E-state index contributed by atoms with van der Waals surface area (Å²) in [6, 6.07) is 12.6. The number of hydrogen-bond donors (Lipinski definition) is 3. The smallest absolute Gasteiger partial charge is 0.304 e. The number of carbonyl (C=O) groups is 1. The van der Waals surface area contributed by atoms with Gasteiger partial charge in [-0.25, -0.2) is 4.98 Å². The molecule has 7 nitrogen and oxygen atoms in total. The van der Waals surface area contributed by atoms with Crippen LogP contribution < -0.4 is 15.2 Å². The Morgan fingerprint density at radius 3 is 2.61 bits per heavy atom. The first-order chi connectivity index (χ1) is 18.0. The maximum Gasteiger partial charge on any atom is 0.304 e. The first kappa shape index (κ1) is 27.5. The zero-order valence-corrected chi connectivity index (χ0v) is 22.7. The van der Waals surface area contributed by atoms with Gasteiger partial charge in [0, 0.05) is 30.2 Å². The summed E-state index contributed by atoms with van der Waals surface area (Å²) >= 11 is 0. The number of carboxylic acids is 1. The molecule has 1 aromatic heterocycles. The van der Waals surface area contributed by atoms with Crippen LogP contribution in [0.5, 0.6) is 11.5 Å². The van der Waals surface area contributed by atoms with Crippen molar-refractivity contribution in [1.29, 1.82) is 0 Å². The molecule has 5 rings (SSSR count). The van der Waals surface area contributed by atoms with E-state index in [0.29, 0.717) is 31.2 Å². The molecule has 1 atom stereocenters. The number of nitrogen functional groups attached to an aromatic ring is 1. The summed E-state index contributed by atoms with van der Waals surface area (Å²) in [5, 5.41) is 18.5. The van der Waals surface area contributed by atoms with Crippen molar-refractivity contribution in [2.75, 3.05) is 18.9 Å². The van der Waals surface area contributed by atoms with Gasteiger partial charge in [0.05, 0.1) is 25.2 Å². The van der Waals surface area contributed by atoms with Crippen molar-refractivity contribution in [2.24, 2.45) is 0 Å². The number of anilines is 1. The second kappa shape index (κ2) is 11.4. The van der Waals surface area contributed by atoms with Gasteiger partial charge in [-0.05, 0) is 92.5 Å². The van der Waals surface area contributed by atoms with Crippen LogP contribution in [0.4, 0.5) is 5.82 Å². The van der Waals surface area contributed by atoms with Gasteiger partial charge in [-0.2, -0.15) is 0 Å². The molecule has 7 heteroatoms. The van der Waals surface area contributed by atoms with Crippen molar-refractivity contribution in [3.8, 4) is 22.6 Å². The summed E-state index contributed by atoms with van der Waals surface area (Å²) in [5.74, 6) is 1.01. The number of ether oxygens (including phenoxy) is 2. The zero-order chi connectivity index (χ0) is 27.4. The monoisotopic (exact) mass is 518 g/mol. The maximum absolute atomic E-state index is 10.5. The minimum Gasteiger partial charge on any atom is -0.493 e. The highest BCUT2D eigenvalue weighted by molar-refractivity contribution is 5.76. The van der Waals surface area contributed by atoms with Gasteiger partial charge in [0.1, 0.15) is 17.3 Å². The quantitative estimate of drug-likeness (QED) is 0.372.